The molecule has 1 aromatic rings. The van der Waals surface area contributed by atoms with E-state index in [1.807, 2.05) is 44.2 Å². The number of rotatable bonds is 11. The summed E-state index contributed by atoms with van der Waals surface area (Å²) in [7, 11) is 0. The van der Waals surface area contributed by atoms with Gasteiger partial charge in [0.05, 0.1) is 0 Å². The van der Waals surface area contributed by atoms with Crippen molar-refractivity contribution in [3.63, 3.8) is 0 Å². The topological polar surface area (TPSA) is 95.5 Å². The Morgan fingerprint density at radius 1 is 1.04 bits per heavy atom. The average Bonchev–Trinajstić information content (AvgIpc) is 2.59. The number of amides is 2. The summed E-state index contributed by atoms with van der Waals surface area (Å²) in [5, 5.41) is 14.7. The van der Waals surface area contributed by atoms with E-state index in [0.29, 0.717) is 6.42 Å². The Balaban J connectivity index is 2.70. The molecule has 0 saturated carbocycles. The van der Waals surface area contributed by atoms with E-state index in [1.165, 1.54) is 0 Å². The number of benzene rings is 1. The lowest BCUT2D eigenvalue weighted by atomic mass is 10.0. The summed E-state index contributed by atoms with van der Waals surface area (Å²) in [6, 6.07) is 7.34. The molecule has 1 aromatic carbocycles. The van der Waals surface area contributed by atoms with E-state index in [2.05, 4.69) is 17.6 Å². The van der Waals surface area contributed by atoms with E-state index < -0.39 is 24.0 Å². The van der Waals surface area contributed by atoms with E-state index in [4.69, 9.17) is 0 Å². The number of hydrogen-bond acceptors (Lipinski definition) is 3. The van der Waals surface area contributed by atoms with Gasteiger partial charge >= 0.3 is 5.97 Å². The second-order valence-electron chi connectivity index (χ2n) is 6.84. The molecule has 0 radical (unpaired) electrons. The van der Waals surface area contributed by atoms with Crippen molar-refractivity contribution in [3.05, 3.63) is 35.9 Å². The van der Waals surface area contributed by atoms with Crippen molar-refractivity contribution >= 4 is 17.8 Å². The van der Waals surface area contributed by atoms with Gasteiger partial charge in [0.15, 0.2) is 0 Å². The van der Waals surface area contributed by atoms with Gasteiger partial charge in [-0.3, -0.25) is 9.59 Å². The maximum absolute atomic E-state index is 12.6. The van der Waals surface area contributed by atoms with E-state index >= 15 is 0 Å². The molecule has 0 fully saturated rings. The number of hydrogen-bond donors (Lipinski definition) is 3. The quantitative estimate of drug-likeness (QED) is 0.527. The molecule has 6 nitrogen and oxygen atoms in total. The fourth-order valence-corrected chi connectivity index (χ4v) is 2.63. The van der Waals surface area contributed by atoms with Crippen LogP contribution in [0.4, 0.5) is 0 Å². The van der Waals surface area contributed by atoms with Crippen molar-refractivity contribution < 1.29 is 19.5 Å². The fraction of sp³-hybridized carbons (Fsp3) is 0.550. The summed E-state index contributed by atoms with van der Waals surface area (Å²) < 4.78 is 0. The van der Waals surface area contributed by atoms with Crippen molar-refractivity contribution in [1.29, 1.82) is 0 Å². The number of nitrogens with one attached hydrogen (secondary N) is 2. The molecule has 26 heavy (non-hydrogen) atoms. The molecule has 1 rings (SSSR count). The van der Waals surface area contributed by atoms with Crippen LogP contribution >= 0.6 is 0 Å². The molecular weight excluding hydrogens is 332 g/mol. The minimum absolute atomic E-state index is 0.142. The summed E-state index contributed by atoms with van der Waals surface area (Å²) in [6.07, 6.45) is 3.32. The third-order valence-electron chi connectivity index (χ3n) is 4.17. The second-order valence-corrected chi connectivity index (χ2v) is 6.84. The maximum Gasteiger partial charge on any atom is 0.326 e. The molecule has 0 spiro atoms. The molecule has 0 aliphatic rings. The number of carboxylic acids is 1. The Bertz CT molecular complexity index is 587. The number of carboxylic acid groups (broad SMARTS) is 1. The second kappa shape index (κ2) is 11.3. The van der Waals surface area contributed by atoms with Gasteiger partial charge in [0, 0.05) is 12.8 Å². The molecule has 6 heteroatoms. The summed E-state index contributed by atoms with van der Waals surface area (Å²) >= 11 is 0. The summed E-state index contributed by atoms with van der Waals surface area (Å²) in [6.45, 7) is 5.70. The van der Waals surface area contributed by atoms with Crippen molar-refractivity contribution in [2.45, 2.75) is 65.0 Å². The van der Waals surface area contributed by atoms with Crippen LogP contribution in [0.25, 0.3) is 0 Å². The van der Waals surface area contributed by atoms with E-state index in [0.717, 1.165) is 24.8 Å². The Kier molecular flexibility index (Phi) is 9.41. The first-order chi connectivity index (χ1) is 12.3. The number of aliphatic carboxylic acids is 1. The number of carbonyl (C=O) groups excluding carboxylic acids is 2. The van der Waals surface area contributed by atoms with Gasteiger partial charge in [-0.05, 0) is 17.9 Å². The van der Waals surface area contributed by atoms with Crippen LogP contribution in [0.15, 0.2) is 30.3 Å². The minimum Gasteiger partial charge on any atom is -0.480 e. The normalized spacial score (nSPS) is 13.1. The van der Waals surface area contributed by atoms with Crippen molar-refractivity contribution in [1.82, 2.24) is 10.6 Å². The first kappa shape index (κ1) is 21.7. The van der Waals surface area contributed by atoms with Gasteiger partial charge < -0.3 is 15.7 Å². The highest BCUT2D eigenvalue weighted by atomic mass is 16.4. The van der Waals surface area contributed by atoms with Crippen LogP contribution in [-0.4, -0.2) is 35.0 Å². The van der Waals surface area contributed by atoms with Gasteiger partial charge in [-0.15, -0.1) is 0 Å². The molecule has 0 aromatic heterocycles. The lowest BCUT2D eigenvalue weighted by Crippen LogP contribution is -2.54. The zero-order valence-electron chi connectivity index (χ0n) is 15.8. The predicted octanol–water partition coefficient (Wildman–Crippen LogP) is 2.52. The van der Waals surface area contributed by atoms with E-state index in [9.17, 15) is 19.5 Å². The predicted molar refractivity (Wildman–Crippen MR) is 101 cm³/mol. The zero-order valence-corrected chi connectivity index (χ0v) is 15.8. The Morgan fingerprint density at radius 3 is 2.23 bits per heavy atom. The van der Waals surface area contributed by atoms with Crippen LogP contribution in [0.2, 0.25) is 0 Å². The largest absolute Gasteiger partial charge is 0.480 e. The summed E-state index contributed by atoms with van der Waals surface area (Å²) in [4.78, 5) is 36.1. The van der Waals surface area contributed by atoms with E-state index in [1.54, 1.807) is 0 Å². The lowest BCUT2D eigenvalue weighted by molar-refractivity contribution is -0.142. The van der Waals surface area contributed by atoms with Crippen LogP contribution in [0, 0.1) is 5.92 Å². The van der Waals surface area contributed by atoms with Crippen LogP contribution in [0.1, 0.15) is 52.0 Å². The third kappa shape index (κ3) is 7.68. The molecule has 0 saturated heterocycles. The molecule has 2 amide bonds. The maximum atomic E-state index is 12.6. The van der Waals surface area contributed by atoms with Gasteiger partial charge in [-0.25, -0.2) is 4.79 Å². The highest BCUT2D eigenvalue weighted by Crippen LogP contribution is 2.08. The van der Waals surface area contributed by atoms with Crippen LogP contribution < -0.4 is 10.6 Å². The SMILES string of the molecule is CCCCCC(=O)N[C@H](C(=O)N[C@@H](Cc1ccccc1)C(=O)O)C(C)C. The monoisotopic (exact) mass is 362 g/mol. The Hall–Kier alpha value is -2.37. The minimum atomic E-state index is -1.10. The standard InChI is InChI=1S/C20H30N2O4/c1-4-5-7-12-17(23)22-18(14(2)3)19(24)21-16(20(25)26)13-15-10-8-6-9-11-15/h6,8-11,14,16,18H,4-5,7,12-13H2,1-3H3,(H,21,24)(H,22,23)(H,25,26)/t16-,18-/m0/s1. The summed E-state index contributed by atoms with van der Waals surface area (Å²) in [5.41, 5.74) is 0.824. The molecular formula is C20H30N2O4. The third-order valence-corrected chi connectivity index (χ3v) is 4.17. The molecule has 3 N–H and O–H groups in total. The van der Waals surface area contributed by atoms with Gasteiger partial charge in [-0.2, -0.15) is 0 Å². The van der Waals surface area contributed by atoms with Crippen molar-refractivity contribution in [2.75, 3.05) is 0 Å². The van der Waals surface area contributed by atoms with Crippen LogP contribution in [-0.2, 0) is 20.8 Å². The molecule has 144 valence electrons. The van der Waals surface area contributed by atoms with Crippen LogP contribution in [0.3, 0.4) is 0 Å². The van der Waals surface area contributed by atoms with Gasteiger partial charge in [0.2, 0.25) is 11.8 Å². The molecule has 0 heterocycles. The lowest BCUT2D eigenvalue weighted by Gasteiger charge is -2.24. The smallest absolute Gasteiger partial charge is 0.326 e. The number of carbonyl (C=O) groups is 3. The van der Waals surface area contributed by atoms with Crippen LogP contribution in [0.5, 0.6) is 0 Å². The van der Waals surface area contributed by atoms with Crippen molar-refractivity contribution in [2.24, 2.45) is 5.92 Å². The zero-order chi connectivity index (χ0) is 19.5. The molecule has 2 atom stereocenters. The van der Waals surface area contributed by atoms with Gasteiger partial charge in [0.25, 0.3) is 0 Å². The fourth-order valence-electron chi connectivity index (χ4n) is 2.63. The van der Waals surface area contributed by atoms with Gasteiger partial charge in [0.1, 0.15) is 12.1 Å². The Morgan fingerprint density at radius 2 is 1.69 bits per heavy atom. The summed E-state index contributed by atoms with van der Waals surface area (Å²) in [5.74, 6) is -1.88. The number of unbranched alkanes of at least 4 members (excludes halogenated alkanes) is 2. The highest BCUT2D eigenvalue weighted by molar-refractivity contribution is 5.90. The average molecular weight is 362 g/mol. The first-order valence-electron chi connectivity index (χ1n) is 9.21. The molecule has 0 bridgehead atoms. The highest BCUT2D eigenvalue weighted by Gasteiger charge is 2.28. The van der Waals surface area contributed by atoms with Crippen molar-refractivity contribution in [3.8, 4) is 0 Å². The first-order valence-corrected chi connectivity index (χ1v) is 9.21. The van der Waals surface area contributed by atoms with Gasteiger partial charge in [-0.1, -0.05) is 63.9 Å². The Labute approximate surface area is 155 Å². The molecule has 0 aliphatic carbocycles. The molecule has 0 unspecified atom stereocenters. The van der Waals surface area contributed by atoms with E-state index in [-0.39, 0.29) is 18.2 Å². The molecule has 0 aliphatic heterocycles.